The standard InChI is InChI=1S/C15H24FN/c1-4-7-12(2)14(11-17-3)10-13-8-5-6-9-15(13)16/h5-6,8-9,12,14,17H,4,7,10-11H2,1-3H3. The maximum Gasteiger partial charge on any atom is 0.126 e. The third-order valence-corrected chi connectivity index (χ3v) is 3.46. The van der Waals surface area contributed by atoms with Crippen LogP contribution in [0.25, 0.3) is 0 Å². The molecule has 0 bridgehead atoms. The zero-order valence-corrected chi connectivity index (χ0v) is 11.2. The summed E-state index contributed by atoms with van der Waals surface area (Å²) in [5, 5.41) is 3.22. The highest BCUT2D eigenvalue weighted by Crippen LogP contribution is 2.22. The van der Waals surface area contributed by atoms with Crippen molar-refractivity contribution >= 4 is 0 Å². The van der Waals surface area contributed by atoms with E-state index in [1.54, 1.807) is 12.1 Å². The quantitative estimate of drug-likeness (QED) is 0.763. The Hall–Kier alpha value is -0.890. The first-order chi connectivity index (χ1) is 8.19. The minimum Gasteiger partial charge on any atom is -0.319 e. The fraction of sp³-hybridized carbons (Fsp3) is 0.600. The summed E-state index contributed by atoms with van der Waals surface area (Å²) in [6.45, 7) is 5.43. The van der Waals surface area contributed by atoms with E-state index in [0.29, 0.717) is 11.8 Å². The monoisotopic (exact) mass is 237 g/mol. The summed E-state index contributed by atoms with van der Waals surface area (Å²) >= 11 is 0. The minimum absolute atomic E-state index is 0.0719. The van der Waals surface area contributed by atoms with Crippen LogP contribution < -0.4 is 5.32 Å². The molecule has 17 heavy (non-hydrogen) atoms. The molecule has 1 aromatic carbocycles. The lowest BCUT2D eigenvalue weighted by molar-refractivity contribution is 0.322. The summed E-state index contributed by atoms with van der Waals surface area (Å²) in [6, 6.07) is 7.12. The molecule has 0 heterocycles. The highest BCUT2D eigenvalue weighted by atomic mass is 19.1. The first kappa shape index (κ1) is 14.2. The van der Waals surface area contributed by atoms with Crippen molar-refractivity contribution in [3.8, 4) is 0 Å². The lowest BCUT2D eigenvalue weighted by Crippen LogP contribution is -2.26. The largest absolute Gasteiger partial charge is 0.319 e. The van der Waals surface area contributed by atoms with E-state index < -0.39 is 0 Å². The topological polar surface area (TPSA) is 12.0 Å². The van der Waals surface area contributed by atoms with Crippen LogP contribution in [0.4, 0.5) is 4.39 Å². The molecule has 1 rings (SSSR count). The number of hydrogen-bond donors (Lipinski definition) is 1. The summed E-state index contributed by atoms with van der Waals surface area (Å²) < 4.78 is 13.6. The molecule has 0 aromatic heterocycles. The first-order valence-electron chi connectivity index (χ1n) is 6.57. The van der Waals surface area contributed by atoms with Crippen LogP contribution in [0.5, 0.6) is 0 Å². The molecule has 1 N–H and O–H groups in total. The zero-order chi connectivity index (χ0) is 12.7. The highest BCUT2D eigenvalue weighted by molar-refractivity contribution is 5.18. The molecule has 0 spiro atoms. The van der Waals surface area contributed by atoms with E-state index in [1.165, 1.54) is 12.8 Å². The van der Waals surface area contributed by atoms with Crippen LogP contribution in [0.15, 0.2) is 24.3 Å². The average molecular weight is 237 g/mol. The Morgan fingerprint density at radius 3 is 2.59 bits per heavy atom. The number of nitrogens with one attached hydrogen (secondary N) is 1. The van der Waals surface area contributed by atoms with Gasteiger partial charge in [0.25, 0.3) is 0 Å². The van der Waals surface area contributed by atoms with E-state index >= 15 is 0 Å². The number of halogens is 1. The van der Waals surface area contributed by atoms with Gasteiger partial charge in [0, 0.05) is 0 Å². The maximum absolute atomic E-state index is 13.6. The van der Waals surface area contributed by atoms with E-state index in [0.717, 1.165) is 18.5 Å². The van der Waals surface area contributed by atoms with Crippen molar-refractivity contribution in [1.29, 1.82) is 0 Å². The van der Waals surface area contributed by atoms with Gasteiger partial charge in [-0.1, -0.05) is 44.9 Å². The Labute approximate surface area is 104 Å². The molecular formula is C15H24FN. The Balaban J connectivity index is 2.69. The van der Waals surface area contributed by atoms with Crippen molar-refractivity contribution in [3.63, 3.8) is 0 Å². The van der Waals surface area contributed by atoms with Crippen LogP contribution in [-0.2, 0) is 6.42 Å². The molecule has 0 aliphatic heterocycles. The Morgan fingerprint density at radius 1 is 1.29 bits per heavy atom. The van der Waals surface area contributed by atoms with Crippen molar-refractivity contribution in [1.82, 2.24) is 5.32 Å². The molecule has 2 heteroatoms. The third kappa shape index (κ3) is 4.47. The molecule has 2 atom stereocenters. The van der Waals surface area contributed by atoms with Gasteiger partial charge in [-0.25, -0.2) is 4.39 Å². The predicted octanol–water partition coefficient (Wildman–Crippen LogP) is 3.64. The second-order valence-corrected chi connectivity index (χ2v) is 4.88. The van der Waals surface area contributed by atoms with Crippen LogP contribution in [0.2, 0.25) is 0 Å². The molecule has 1 nitrogen and oxygen atoms in total. The van der Waals surface area contributed by atoms with Gasteiger partial charge < -0.3 is 5.32 Å². The van der Waals surface area contributed by atoms with Gasteiger partial charge >= 0.3 is 0 Å². The minimum atomic E-state index is -0.0719. The zero-order valence-electron chi connectivity index (χ0n) is 11.2. The van der Waals surface area contributed by atoms with E-state index in [2.05, 4.69) is 19.2 Å². The van der Waals surface area contributed by atoms with Gasteiger partial charge in [0.05, 0.1) is 0 Å². The molecule has 0 fully saturated rings. The van der Waals surface area contributed by atoms with Crippen LogP contribution in [0, 0.1) is 17.7 Å². The number of hydrogen-bond acceptors (Lipinski definition) is 1. The van der Waals surface area contributed by atoms with Crippen LogP contribution in [0.3, 0.4) is 0 Å². The van der Waals surface area contributed by atoms with Gasteiger partial charge in [0.2, 0.25) is 0 Å². The van der Waals surface area contributed by atoms with Gasteiger partial charge in [0.1, 0.15) is 5.82 Å². The molecule has 0 amide bonds. The van der Waals surface area contributed by atoms with Crippen molar-refractivity contribution in [2.45, 2.75) is 33.1 Å². The van der Waals surface area contributed by atoms with E-state index in [-0.39, 0.29) is 5.82 Å². The number of benzene rings is 1. The Bertz CT molecular complexity index is 324. The predicted molar refractivity (Wildman–Crippen MR) is 71.6 cm³/mol. The molecule has 96 valence electrons. The lowest BCUT2D eigenvalue weighted by Gasteiger charge is -2.23. The summed E-state index contributed by atoms with van der Waals surface area (Å²) in [7, 11) is 1.97. The van der Waals surface area contributed by atoms with E-state index in [9.17, 15) is 4.39 Å². The summed E-state index contributed by atoms with van der Waals surface area (Å²) in [5.41, 5.74) is 0.843. The molecule has 0 aliphatic rings. The van der Waals surface area contributed by atoms with Crippen molar-refractivity contribution in [3.05, 3.63) is 35.6 Å². The fourth-order valence-corrected chi connectivity index (χ4v) is 2.37. The lowest BCUT2D eigenvalue weighted by atomic mass is 9.85. The maximum atomic E-state index is 13.6. The molecule has 2 unspecified atom stereocenters. The van der Waals surface area contributed by atoms with Gasteiger partial charge in [-0.2, -0.15) is 0 Å². The summed E-state index contributed by atoms with van der Waals surface area (Å²) in [6.07, 6.45) is 3.23. The smallest absolute Gasteiger partial charge is 0.126 e. The van der Waals surface area contributed by atoms with Gasteiger partial charge in [0.15, 0.2) is 0 Å². The van der Waals surface area contributed by atoms with Crippen LogP contribution in [-0.4, -0.2) is 13.6 Å². The van der Waals surface area contributed by atoms with Crippen molar-refractivity contribution in [2.24, 2.45) is 11.8 Å². The molecule has 0 radical (unpaired) electrons. The van der Waals surface area contributed by atoms with Crippen LogP contribution >= 0.6 is 0 Å². The first-order valence-corrected chi connectivity index (χ1v) is 6.57. The number of rotatable bonds is 7. The molecule has 1 aromatic rings. The van der Waals surface area contributed by atoms with Crippen molar-refractivity contribution in [2.75, 3.05) is 13.6 Å². The average Bonchev–Trinajstić information content (AvgIpc) is 2.31. The van der Waals surface area contributed by atoms with Gasteiger partial charge in [-0.05, 0) is 43.5 Å². The van der Waals surface area contributed by atoms with Gasteiger partial charge in [-0.15, -0.1) is 0 Å². The molecule has 0 saturated heterocycles. The highest BCUT2D eigenvalue weighted by Gasteiger charge is 2.17. The third-order valence-electron chi connectivity index (χ3n) is 3.46. The summed E-state index contributed by atoms with van der Waals surface area (Å²) in [4.78, 5) is 0. The van der Waals surface area contributed by atoms with E-state index in [4.69, 9.17) is 0 Å². The Kier molecular flexibility index (Phi) is 6.20. The fourth-order valence-electron chi connectivity index (χ4n) is 2.37. The summed E-state index contributed by atoms with van der Waals surface area (Å²) in [5.74, 6) is 1.07. The normalized spacial score (nSPS) is 14.6. The second-order valence-electron chi connectivity index (χ2n) is 4.88. The van der Waals surface area contributed by atoms with Crippen molar-refractivity contribution < 1.29 is 4.39 Å². The molecular weight excluding hydrogens is 213 g/mol. The molecule has 0 aliphatic carbocycles. The molecule has 0 saturated carbocycles. The Morgan fingerprint density at radius 2 is 2.00 bits per heavy atom. The van der Waals surface area contributed by atoms with E-state index in [1.807, 2.05) is 19.2 Å². The second kappa shape index (κ2) is 7.44. The van der Waals surface area contributed by atoms with Crippen LogP contribution in [0.1, 0.15) is 32.3 Å². The van der Waals surface area contributed by atoms with Gasteiger partial charge in [-0.3, -0.25) is 0 Å². The SMILES string of the molecule is CCCC(C)C(CNC)Cc1ccccc1F.